The zero-order valence-electron chi connectivity index (χ0n) is 8.96. The molecular formula is C12H12N2O3. The van der Waals surface area contributed by atoms with Crippen molar-refractivity contribution in [2.75, 3.05) is 0 Å². The van der Waals surface area contributed by atoms with E-state index in [0.717, 1.165) is 0 Å². The van der Waals surface area contributed by atoms with E-state index in [9.17, 15) is 10.3 Å². The molecule has 5 nitrogen and oxygen atoms in total. The second-order valence-electron chi connectivity index (χ2n) is 3.49. The number of phenols is 1. The molecule has 0 aliphatic carbocycles. The Kier molecular flexibility index (Phi) is 3.24. The van der Waals surface area contributed by atoms with Gasteiger partial charge in [0.05, 0.1) is 0 Å². The number of hydrogen-bond donors (Lipinski definition) is 3. The molecule has 0 heterocycles. The molecule has 17 heavy (non-hydrogen) atoms. The van der Waals surface area contributed by atoms with Gasteiger partial charge in [0, 0.05) is 12.1 Å². The Morgan fingerprint density at radius 2 is 1.82 bits per heavy atom. The van der Waals surface area contributed by atoms with Gasteiger partial charge in [-0.25, -0.2) is 0 Å². The first kappa shape index (κ1) is 11.4. The summed E-state index contributed by atoms with van der Waals surface area (Å²) in [5.41, 5.74) is 0.737. The standard InChI is InChI=1S/C12H12N2O3/c13-17-10-6-7-11(12(15)8-10)14(16)9-4-2-1-3-5-9/h1-8,14-15H,13H2. The maximum atomic E-state index is 12.0. The zero-order chi connectivity index (χ0) is 12.3. The second-order valence-corrected chi connectivity index (χ2v) is 3.49. The Labute approximate surface area is 98.2 Å². The third-order valence-electron chi connectivity index (χ3n) is 2.39. The van der Waals surface area contributed by atoms with E-state index in [1.54, 1.807) is 24.3 Å². The lowest BCUT2D eigenvalue weighted by Crippen LogP contribution is -2.96. The van der Waals surface area contributed by atoms with Gasteiger partial charge in [-0.3, -0.25) is 0 Å². The van der Waals surface area contributed by atoms with Crippen LogP contribution in [0.25, 0.3) is 0 Å². The molecule has 2 aromatic carbocycles. The van der Waals surface area contributed by atoms with Crippen LogP contribution < -0.4 is 15.8 Å². The van der Waals surface area contributed by atoms with Crippen molar-refractivity contribution in [3.63, 3.8) is 0 Å². The van der Waals surface area contributed by atoms with Crippen molar-refractivity contribution >= 4 is 11.4 Å². The molecule has 88 valence electrons. The topological polar surface area (TPSA) is 83.0 Å². The van der Waals surface area contributed by atoms with Gasteiger partial charge < -0.3 is 20.2 Å². The fourth-order valence-electron chi connectivity index (χ4n) is 1.52. The van der Waals surface area contributed by atoms with E-state index in [-0.39, 0.29) is 16.5 Å². The van der Waals surface area contributed by atoms with Gasteiger partial charge >= 0.3 is 0 Å². The van der Waals surface area contributed by atoms with Crippen LogP contribution in [0, 0.1) is 5.21 Å². The Balaban J connectivity index is 2.34. The summed E-state index contributed by atoms with van der Waals surface area (Å²) in [6, 6.07) is 13.0. The Morgan fingerprint density at radius 1 is 1.12 bits per heavy atom. The lowest BCUT2D eigenvalue weighted by Gasteiger charge is -2.21. The second kappa shape index (κ2) is 4.84. The minimum Gasteiger partial charge on any atom is -0.623 e. The SMILES string of the molecule is NOc1ccc([NH+]([O-])c2ccccc2)c(O)c1. The van der Waals surface area contributed by atoms with E-state index in [1.165, 1.54) is 18.2 Å². The molecule has 0 amide bonds. The first-order valence-corrected chi connectivity index (χ1v) is 5.02. The highest BCUT2D eigenvalue weighted by atomic mass is 16.6. The molecule has 2 rings (SSSR count). The van der Waals surface area contributed by atoms with Crippen LogP contribution in [0.15, 0.2) is 48.5 Å². The predicted octanol–water partition coefficient (Wildman–Crippen LogP) is 0.991. The van der Waals surface area contributed by atoms with Crippen LogP contribution >= 0.6 is 0 Å². The van der Waals surface area contributed by atoms with Crippen LogP contribution in [0.2, 0.25) is 0 Å². The largest absolute Gasteiger partial charge is 0.623 e. The molecule has 2 aromatic rings. The highest BCUT2D eigenvalue weighted by Crippen LogP contribution is 2.25. The van der Waals surface area contributed by atoms with E-state index in [0.29, 0.717) is 11.4 Å². The maximum Gasteiger partial charge on any atom is 0.181 e. The lowest BCUT2D eigenvalue weighted by atomic mass is 10.2. The lowest BCUT2D eigenvalue weighted by molar-refractivity contribution is -0.698. The van der Waals surface area contributed by atoms with E-state index >= 15 is 0 Å². The number of nitrogens with one attached hydrogen (secondary N) is 1. The van der Waals surface area contributed by atoms with Gasteiger partial charge in [-0.05, 0) is 18.2 Å². The highest BCUT2D eigenvalue weighted by Gasteiger charge is 2.12. The van der Waals surface area contributed by atoms with E-state index < -0.39 is 0 Å². The number of para-hydroxylation sites is 1. The average Bonchev–Trinajstić information content (AvgIpc) is 2.39. The first-order valence-electron chi connectivity index (χ1n) is 5.02. The monoisotopic (exact) mass is 232 g/mol. The van der Waals surface area contributed by atoms with Crippen molar-refractivity contribution in [3.05, 3.63) is 53.7 Å². The van der Waals surface area contributed by atoms with Gasteiger partial charge in [0.15, 0.2) is 17.2 Å². The molecule has 0 aliphatic rings. The van der Waals surface area contributed by atoms with Crippen LogP contribution in [0.1, 0.15) is 0 Å². The van der Waals surface area contributed by atoms with Gasteiger partial charge in [0.25, 0.3) is 0 Å². The van der Waals surface area contributed by atoms with Gasteiger partial charge in [0.1, 0.15) is 5.69 Å². The number of benzene rings is 2. The number of rotatable bonds is 3. The van der Waals surface area contributed by atoms with E-state index in [2.05, 4.69) is 4.84 Å². The fourth-order valence-corrected chi connectivity index (χ4v) is 1.52. The number of nitrogens with two attached hydrogens (primary N) is 1. The number of hydrogen-bond acceptors (Lipinski definition) is 4. The van der Waals surface area contributed by atoms with Gasteiger partial charge in [-0.1, -0.05) is 18.2 Å². The van der Waals surface area contributed by atoms with Crippen molar-refractivity contribution in [3.8, 4) is 11.5 Å². The zero-order valence-corrected chi connectivity index (χ0v) is 8.96. The van der Waals surface area contributed by atoms with Crippen molar-refractivity contribution in [2.45, 2.75) is 0 Å². The minimum atomic E-state index is -0.244. The molecule has 0 aliphatic heterocycles. The summed E-state index contributed by atoms with van der Waals surface area (Å²) in [5.74, 6) is 5.11. The van der Waals surface area contributed by atoms with Gasteiger partial charge in [-0.2, -0.15) is 5.90 Å². The van der Waals surface area contributed by atoms with Crippen LogP contribution in [0.4, 0.5) is 11.4 Å². The molecule has 0 spiro atoms. The van der Waals surface area contributed by atoms with E-state index in [4.69, 9.17) is 5.90 Å². The number of quaternary nitrogens is 1. The minimum absolute atomic E-state index is 0.151. The summed E-state index contributed by atoms with van der Waals surface area (Å²) in [6.07, 6.45) is 0. The molecule has 0 bridgehead atoms. The summed E-state index contributed by atoms with van der Waals surface area (Å²) in [4.78, 5) is 4.46. The Hall–Kier alpha value is -2.08. The molecule has 1 unspecified atom stereocenters. The normalized spacial score (nSPS) is 12.1. The predicted molar refractivity (Wildman–Crippen MR) is 63.0 cm³/mol. The van der Waals surface area contributed by atoms with Crippen LogP contribution in [-0.2, 0) is 0 Å². The fraction of sp³-hybridized carbons (Fsp3) is 0. The Bertz CT molecular complexity index is 502. The third kappa shape index (κ3) is 2.36. The van der Waals surface area contributed by atoms with Crippen molar-refractivity contribution in [2.24, 2.45) is 5.90 Å². The molecule has 0 saturated heterocycles. The van der Waals surface area contributed by atoms with Crippen molar-refractivity contribution < 1.29 is 15.0 Å². The van der Waals surface area contributed by atoms with Crippen LogP contribution in [-0.4, -0.2) is 5.11 Å². The van der Waals surface area contributed by atoms with Crippen molar-refractivity contribution in [1.29, 1.82) is 0 Å². The smallest absolute Gasteiger partial charge is 0.181 e. The van der Waals surface area contributed by atoms with E-state index in [1.807, 2.05) is 6.07 Å². The number of aromatic hydroxyl groups is 1. The molecule has 0 radical (unpaired) electrons. The van der Waals surface area contributed by atoms with Crippen molar-refractivity contribution in [1.82, 2.24) is 0 Å². The first-order chi connectivity index (χ1) is 8.22. The molecule has 5 heteroatoms. The van der Waals surface area contributed by atoms with Crippen LogP contribution in [0.3, 0.4) is 0 Å². The highest BCUT2D eigenvalue weighted by molar-refractivity contribution is 5.51. The maximum absolute atomic E-state index is 12.0. The average molecular weight is 232 g/mol. The summed E-state index contributed by atoms with van der Waals surface area (Å²) in [7, 11) is 0. The summed E-state index contributed by atoms with van der Waals surface area (Å²) >= 11 is 0. The molecular weight excluding hydrogens is 220 g/mol. The van der Waals surface area contributed by atoms with Crippen LogP contribution in [0.5, 0.6) is 11.5 Å². The molecule has 0 aromatic heterocycles. The molecule has 4 N–H and O–H groups in total. The summed E-state index contributed by atoms with van der Waals surface area (Å²) in [5, 5.41) is 21.5. The molecule has 0 fully saturated rings. The number of phenolic OH excluding ortho intramolecular Hbond substituents is 1. The quantitative estimate of drug-likeness (QED) is 0.544. The Morgan fingerprint density at radius 3 is 2.41 bits per heavy atom. The summed E-state index contributed by atoms with van der Waals surface area (Å²) in [6.45, 7) is 0. The molecule has 1 atom stereocenters. The third-order valence-corrected chi connectivity index (χ3v) is 2.39. The molecule has 0 saturated carbocycles. The summed E-state index contributed by atoms with van der Waals surface area (Å²) < 4.78 is 0. The van der Waals surface area contributed by atoms with Gasteiger partial charge in [-0.15, -0.1) is 0 Å². The van der Waals surface area contributed by atoms with Gasteiger partial charge in [0.2, 0.25) is 0 Å².